The van der Waals surface area contributed by atoms with E-state index in [-0.39, 0.29) is 10.6 Å². The Morgan fingerprint density at radius 1 is 1.64 bits per heavy atom. The van der Waals surface area contributed by atoms with Crippen molar-refractivity contribution in [2.45, 2.75) is 0 Å². The van der Waals surface area contributed by atoms with Gasteiger partial charge in [-0.15, -0.1) is 0 Å². The maximum atomic E-state index is 11.2. The number of hydrogen-bond acceptors (Lipinski definition) is 4. The number of hydrogen-bond donors (Lipinski definition) is 0. The van der Waals surface area contributed by atoms with E-state index in [0.717, 1.165) is 0 Å². The van der Waals surface area contributed by atoms with Crippen LogP contribution in [0.2, 0.25) is 5.02 Å². The molecule has 0 atom stereocenters. The van der Waals surface area contributed by atoms with E-state index in [0.29, 0.717) is 5.69 Å². The van der Waals surface area contributed by atoms with Crippen LogP contribution in [0.5, 0.6) is 0 Å². The first-order valence-corrected chi connectivity index (χ1v) is 4.44. The lowest BCUT2D eigenvalue weighted by Crippen LogP contribution is -2.01. The van der Waals surface area contributed by atoms with E-state index < -0.39 is 5.97 Å². The van der Waals surface area contributed by atoms with E-state index in [2.05, 4.69) is 27.1 Å². The number of halogens is 1. The normalized spacial score (nSPS) is 9.00. The maximum absolute atomic E-state index is 11.2. The third-order valence-corrected chi connectivity index (χ3v) is 2.04. The molecule has 0 unspecified atom stereocenters. The molecule has 0 N–H and O–H groups in total. The minimum Gasteiger partial charge on any atom is -0.465 e. The minimum atomic E-state index is -0.503. The standard InChI is InChI=1S/C9H6ClNO2S/c1-13-9(12)6-3-2-4-7(8(6)10)11-5-14/h2-4H,1H3. The SMILES string of the molecule is COC(=O)c1cccc(N=C=S)c1Cl. The number of rotatable bonds is 2. The molecule has 72 valence electrons. The van der Waals surface area contributed by atoms with Crippen LogP contribution >= 0.6 is 23.8 Å². The van der Waals surface area contributed by atoms with Crippen molar-refractivity contribution in [1.29, 1.82) is 0 Å². The number of isothiocyanates is 1. The zero-order valence-corrected chi connectivity index (χ0v) is 8.85. The second-order valence-electron chi connectivity index (χ2n) is 2.33. The van der Waals surface area contributed by atoms with E-state index in [1.165, 1.54) is 7.11 Å². The van der Waals surface area contributed by atoms with Crippen molar-refractivity contribution in [3.05, 3.63) is 28.8 Å². The fourth-order valence-corrected chi connectivity index (χ4v) is 1.27. The predicted octanol–water partition coefficient (Wildman–Crippen LogP) is 2.86. The van der Waals surface area contributed by atoms with Crippen LogP contribution in [-0.2, 0) is 4.74 Å². The highest BCUT2D eigenvalue weighted by atomic mass is 35.5. The molecular formula is C9H6ClNO2S. The van der Waals surface area contributed by atoms with Crippen LogP contribution in [0.1, 0.15) is 10.4 Å². The Labute approximate surface area is 91.4 Å². The van der Waals surface area contributed by atoms with Gasteiger partial charge in [0.1, 0.15) is 0 Å². The zero-order chi connectivity index (χ0) is 10.6. The summed E-state index contributed by atoms with van der Waals surface area (Å²) >= 11 is 10.3. The summed E-state index contributed by atoms with van der Waals surface area (Å²) in [7, 11) is 1.29. The van der Waals surface area contributed by atoms with E-state index in [9.17, 15) is 4.79 Å². The summed E-state index contributed by atoms with van der Waals surface area (Å²) in [4.78, 5) is 14.9. The summed E-state index contributed by atoms with van der Waals surface area (Å²) in [6.45, 7) is 0. The fraction of sp³-hybridized carbons (Fsp3) is 0.111. The Kier molecular flexibility index (Phi) is 3.77. The Balaban J connectivity index is 3.26. The molecule has 0 radical (unpaired) electrons. The van der Waals surface area contributed by atoms with E-state index in [4.69, 9.17) is 11.6 Å². The molecule has 3 nitrogen and oxygen atoms in total. The number of carbonyl (C=O) groups excluding carboxylic acids is 1. The average Bonchev–Trinajstić information content (AvgIpc) is 2.20. The third-order valence-electron chi connectivity index (χ3n) is 1.55. The van der Waals surface area contributed by atoms with Crippen molar-refractivity contribution in [2.75, 3.05) is 7.11 Å². The first-order chi connectivity index (χ1) is 6.70. The Morgan fingerprint density at radius 2 is 2.36 bits per heavy atom. The molecule has 14 heavy (non-hydrogen) atoms. The van der Waals surface area contributed by atoms with Crippen molar-refractivity contribution in [1.82, 2.24) is 0 Å². The van der Waals surface area contributed by atoms with Crippen LogP contribution in [0.15, 0.2) is 23.2 Å². The van der Waals surface area contributed by atoms with Crippen LogP contribution in [0.25, 0.3) is 0 Å². The van der Waals surface area contributed by atoms with E-state index in [1.54, 1.807) is 18.2 Å². The summed E-state index contributed by atoms with van der Waals surface area (Å²) in [6, 6.07) is 4.83. The number of nitrogens with zero attached hydrogens (tertiary/aromatic N) is 1. The van der Waals surface area contributed by atoms with Crippen molar-refractivity contribution >= 4 is 40.6 Å². The lowest BCUT2D eigenvalue weighted by molar-refractivity contribution is 0.0601. The van der Waals surface area contributed by atoms with Crippen LogP contribution in [0.3, 0.4) is 0 Å². The van der Waals surface area contributed by atoms with Gasteiger partial charge in [0.25, 0.3) is 0 Å². The number of benzene rings is 1. The first-order valence-electron chi connectivity index (χ1n) is 3.65. The number of carbonyl (C=O) groups is 1. The van der Waals surface area contributed by atoms with Crippen LogP contribution in [-0.4, -0.2) is 18.2 Å². The van der Waals surface area contributed by atoms with Gasteiger partial charge in [-0.1, -0.05) is 17.7 Å². The molecule has 0 saturated heterocycles. The predicted molar refractivity (Wildman–Crippen MR) is 57.5 cm³/mol. The first kappa shape index (κ1) is 10.9. The molecule has 5 heteroatoms. The number of thiocarbonyl (C=S) groups is 1. The number of methoxy groups -OCH3 is 1. The molecular weight excluding hydrogens is 222 g/mol. The monoisotopic (exact) mass is 227 g/mol. The lowest BCUT2D eigenvalue weighted by atomic mass is 10.2. The van der Waals surface area contributed by atoms with Gasteiger partial charge in [-0.3, -0.25) is 0 Å². The molecule has 1 aromatic rings. The number of aliphatic imine (C=N–C) groups is 1. The Hall–Kier alpha value is -1.22. The van der Waals surface area contributed by atoms with Gasteiger partial charge in [-0.05, 0) is 24.4 Å². The highest BCUT2D eigenvalue weighted by molar-refractivity contribution is 7.78. The van der Waals surface area contributed by atoms with Crippen LogP contribution < -0.4 is 0 Å². The quantitative estimate of drug-likeness (QED) is 0.443. The van der Waals surface area contributed by atoms with Crippen molar-refractivity contribution in [2.24, 2.45) is 4.99 Å². The summed E-state index contributed by atoms with van der Waals surface area (Å²) < 4.78 is 4.54. The Bertz CT molecular complexity index is 413. The van der Waals surface area contributed by atoms with Gasteiger partial charge in [0.05, 0.1) is 28.5 Å². The highest BCUT2D eigenvalue weighted by Crippen LogP contribution is 2.28. The molecule has 1 rings (SSSR count). The van der Waals surface area contributed by atoms with Gasteiger partial charge in [0.2, 0.25) is 0 Å². The summed E-state index contributed by atoms with van der Waals surface area (Å²) in [5.74, 6) is -0.503. The molecule has 0 spiro atoms. The zero-order valence-electron chi connectivity index (χ0n) is 7.28. The molecule has 0 amide bonds. The number of ether oxygens (including phenoxy) is 1. The van der Waals surface area contributed by atoms with Crippen LogP contribution in [0.4, 0.5) is 5.69 Å². The molecule has 0 fully saturated rings. The van der Waals surface area contributed by atoms with Crippen molar-refractivity contribution < 1.29 is 9.53 Å². The van der Waals surface area contributed by atoms with Crippen molar-refractivity contribution in [3.8, 4) is 0 Å². The molecule has 0 heterocycles. The number of esters is 1. The summed E-state index contributed by atoms with van der Waals surface area (Å²) in [5, 5.41) is 2.40. The molecule has 0 aromatic heterocycles. The van der Waals surface area contributed by atoms with Gasteiger partial charge in [-0.2, -0.15) is 4.99 Å². The largest absolute Gasteiger partial charge is 0.465 e. The molecule has 0 bridgehead atoms. The van der Waals surface area contributed by atoms with Gasteiger partial charge < -0.3 is 4.74 Å². The Morgan fingerprint density at radius 3 is 2.93 bits per heavy atom. The second-order valence-corrected chi connectivity index (χ2v) is 2.89. The fourth-order valence-electron chi connectivity index (χ4n) is 0.923. The van der Waals surface area contributed by atoms with E-state index >= 15 is 0 Å². The molecule has 1 aromatic carbocycles. The third kappa shape index (κ3) is 2.17. The molecule has 0 saturated carbocycles. The van der Waals surface area contributed by atoms with Crippen LogP contribution in [0, 0.1) is 0 Å². The minimum absolute atomic E-state index is 0.219. The van der Waals surface area contributed by atoms with Gasteiger partial charge in [0, 0.05) is 0 Å². The molecule has 0 aliphatic rings. The summed E-state index contributed by atoms with van der Waals surface area (Å²) in [6.07, 6.45) is 0. The van der Waals surface area contributed by atoms with Crippen molar-refractivity contribution in [3.63, 3.8) is 0 Å². The topological polar surface area (TPSA) is 38.7 Å². The lowest BCUT2D eigenvalue weighted by Gasteiger charge is -2.02. The van der Waals surface area contributed by atoms with Gasteiger partial charge in [0.15, 0.2) is 0 Å². The van der Waals surface area contributed by atoms with Gasteiger partial charge >= 0.3 is 5.97 Å². The average molecular weight is 228 g/mol. The van der Waals surface area contributed by atoms with Gasteiger partial charge in [-0.25, -0.2) is 4.79 Å². The molecule has 0 aliphatic carbocycles. The molecule has 0 aliphatic heterocycles. The van der Waals surface area contributed by atoms with E-state index in [1.807, 2.05) is 0 Å². The smallest absolute Gasteiger partial charge is 0.339 e. The summed E-state index contributed by atoms with van der Waals surface area (Å²) in [5.41, 5.74) is 0.672. The second kappa shape index (κ2) is 4.86. The highest BCUT2D eigenvalue weighted by Gasteiger charge is 2.12. The maximum Gasteiger partial charge on any atom is 0.339 e.